The zero-order valence-electron chi connectivity index (χ0n) is 10.9. The second-order valence-electron chi connectivity index (χ2n) is 4.85. The number of nitrogens with one attached hydrogen (secondary N) is 2. The van der Waals surface area contributed by atoms with Crippen molar-refractivity contribution in [2.24, 2.45) is 0 Å². The molecule has 2 N–H and O–H groups in total. The van der Waals surface area contributed by atoms with Gasteiger partial charge in [-0.05, 0) is 25.9 Å². The van der Waals surface area contributed by atoms with Crippen LogP contribution in [-0.4, -0.2) is 35.0 Å². The molecular weight excluding hydrogens is 273 g/mol. The molecule has 1 saturated heterocycles. The van der Waals surface area contributed by atoms with Gasteiger partial charge in [0.05, 0.1) is 24.3 Å². The molecule has 1 aliphatic heterocycles. The van der Waals surface area contributed by atoms with Crippen molar-refractivity contribution in [3.8, 4) is 0 Å². The molecule has 1 aromatic heterocycles. The molecule has 1 aliphatic rings. The predicted molar refractivity (Wildman–Crippen MR) is 67.3 cm³/mol. The van der Waals surface area contributed by atoms with E-state index in [0.717, 1.165) is 25.9 Å². The molecule has 2 rings (SSSR count). The Morgan fingerprint density at radius 2 is 2.15 bits per heavy atom. The van der Waals surface area contributed by atoms with Gasteiger partial charge >= 0.3 is 6.18 Å². The zero-order valence-corrected chi connectivity index (χ0v) is 10.9. The number of anilines is 1. The molecule has 1 fully saturated rings. The number of rotatable bonds is 4. The van der Waals surface area contributed by atoms with Gasteiger partial charge in [-0.1, -0.05) is 0 Å². The van der Waals surface area contributed by atoms with Crippen LogP contribution < -0.4 is 10.6 Å². The van der Waals surface area contributed by atoms with E-state index in [4.69, 9.17) is 0 Å². The van der Waals surface area contributed by atoms with Crippen LogP contribution in [0.3, 0.4) is 0 Å². The molecule has 1 amide bonds. The van der Waals surface area contributed by atoms with E-state index in [0.29, 0.717) is 5.69 Å². The molecule has 8 heteroatoms. The summed E-state index contributed by atoms with van der Waals surface area (Å²) < 4.78 is 37.8. The molecule has 0 atom stereocenters. The number of aromatic nitrogens is 2. The number of carbonyl (C=O) groups excluding carboxylic acids is 1. The highest BCUT2D eigenvalue weighted by Crippen LogP contribution is 2.22. The van der Waals surface area contributed by atoms with Crippen molar-refractivity contribution in [2.45, 2.75) is 37.9 Å². The van der Waals surface area contributed by atoms with E-state index in [9.17, 15) is 18.0 Å². The Morgan fingerprint density at radius 1 is 1.45 bits per heavy atom. The minimum Gasteiger partial charge on any atom is -0.323 e. The zero-order chi connectivity index (χ0) is 14.6. The van der Waals surface area contributed by atoms with Crippen LogP contribution in [0.2, 0.25) is 0 Å². The van der Waals surface area contributed by atoms with Crippen LogP contribution in [0.15, 0.2) is 12.4 Å². The first kappa shape index (κ1) is 14.8. The van der Waals surface area contributed by atoms with Gasteiger partial charge in [-0.25, -0.2) is 0 Å². The topological polar surface area (TPSA) is 59.0 Å². The lowest BCUT2D eigenvalue weighted by Crippen LogP contribution is -2.29. The average Bonchev–Trinajstić information content (AvgIpc) is 2.85. The van der Waals surface area contributed by atoms with Gasteiger partial charge in [0.25, 0.3) is 0 Å². The summed E-state index contributed by atoms with van der Waals surface area (Å²) in [7, 11) is 0. The van der Waals surface area contributed by atoms with Crippen LogP contribution in [0.1, 0.15) is 31.7 Å². The summed E-state index contributed by atoms with van der Waals surface area (Å²) in [5.41, 5.74) is 0.440. The van der Waals surface area contributed by atoms with Crippen LogP contribution in [0.4, 0.5) is 18.9 Å². The third-order valence-corrected chi connectivity index (χ3v) is 3.20. The largest absolute Gasteiger partial charge is 0.389 e. The van der Waals surface area contributed by atoms with Crippen molar-refractivity contribution in [2.75, 3.05) is 18.4 Å². The minimum atomic E-state index is -4.31. The molecule has 0 aromatic carbocycles. The van der Waals surface area contributed by atoms with Crippen molar-refractivity contribution in [1.29, 1.82) is 0 Å². The second-order valence-corrected chi connectivity index (χ2v) is 4.85. The summed E-state index contributed by atoms with van der Waals surface area (Å²) >= 11 is 0. The highest BCUT2D eigenvalue weighted by Gasteiger charge is 2.28. The second kappa shape index (κ2) is 6.25. The smallest absolute Gasteiger partial charge is 0.323 e. The van der Waals surface area contributed by atoms with Gasteiger partial charge in [0.2, 0.25) is 5.91 Å². The average molecular weight is 290 g/mol. The van der Waals surface area contributed by atoms with Crippen LogP contribution in [0.25, 0.3) is 0 Å². The molecule has 1 aromatic rings. The van der Waals surface area contributed by atoms with Crippen LogP contribution in [0.5, 0.6) is 0 Å². The van der Waals surface area contributed by atoms with E-state index in [1.165, 1.54) is 6.20 Å². The molecule has 0 unspecified atom stereocenters. The van der Waals surface area contributed by atoms with Gasteiger partial charge in [0.15, 0.2) is 0 Å². The Hall–Kier alpha value is -1.57. The highest BCUT2D eigenvalue weighted by molar-refractivity contribution is 5.90. The molecule has 0 spiro atoms. The summed E-state index contributed by atoms with van der Waals surface area (Å²) in [5.74, 6) is -0.646. The summed E-state index contributed by atoms with van der Waals surface area (Å²) in [4.78, 5) is 11.4. The Bertz CT molecular complexity index is 452. The monoisotopic (exact) mass is 290 g/mol. The standard InChI is InChI=1S/C12H17F3N4O/c13-12(14,15)4-1-11(20)18-9-7-17-19(8-9)10-2-5-16-6-3-10/h7-8,10,16H,1-6H2,(H,18,20). The lowest BCUT2D eigenvalue weighted by Gasteiger charge is -2.22. The maximum absolute atomic E-state index is 12.0. The fraction of sp³-hybridized carbons (Fsp3) is 0.667. The fourth-order valence-corrected chi connectivity index (χ4v) is 2.15. The van der Waals surface area contributed by atoms with E-state index in [1.807, 2.05) is 0 Å². The Morgan fingerprint density at radius 3 is 2.80 bits per heavy atom. The van der Waals surface area contributed by atoms with Gasteiger partial charge in [-0.2, -0.15) is 18.3 Å². The van der Waals surface area contributed by atoms with E-state index < -0.39 is 24.9 Å². The van der Waals surface area contributed by atoms with Crippen molar-refractivity contribution in [3.63, 3.8) is 0 Å². The Balaban J connectivity index is 1.84. The number of carbonyl (C=O) groups is 1. The number of amides is 1. The number of piperidine rings is 1. The predicted octanol–water partition coefficient (Wildman–Crippen LogP) is 2.09. The van der Waals surface area contributed by atoms with Gasteiger partial charge in [0, 0.05) is 12.6 Å². The molecule has 0 bridgehead atoms. The lowest BCUT2D eigenvalue weighted by atomic mass is 10.1. The maximum Gasteiger partial charge on any atom is 0.389 e. The van der Waals surface area contributed by atoms with E-state index in [-0.39, 0.29) is 6.04 Å². The number of hydrogen-bond donors (Lipinski definition) is 2. The molecule has 0 radical (unpaired) electrons. The Labute approximate surface area is 114 Å². The van der Waals surface area contributed by atoms with Crippen LogP contribution in [-0.2, 0) is 4.79 Å². The molecule has 0 saturated carbocycles. The highest BCUT2D eigenvalue weighted by atomic mass is 19.4. The summed E-state index contributed by atoms with van der Waals surface area (Å²) in [5, 5.41) is 9.83. The van der Waals surface area contributed by atoms with E-state index >= 15 is 0 Å². The van der Waals surface area contributed by atoms with Gasteiger partial charge in [0.1, 0.15) is 0 Å². The SMILES string of the molecule is O=C(CCC(F)(F)F)Nc1cnn(C2CCNCC2)c1. The first-order chi connectivity index (χ1) is 9.44. The molecule has 0 aliphatic carbocycles. The molecule has 20 heavy (non-hydrogen) atoms. The molecule has 5 nitrogen and oxygen atoms in total. The number of hydrogen-bond acceptors (Lipinski definition) is 3. The van der Waals surface area contributed by atoms with E-state index in [1.54, 1.807) is 10.9 Å². The molecular formula is C12H17F3N4O. The molecule has 2 heterocycles. The maximum atomic E-state index is 12.0. The van der Waals surface area contributed by atoms with Crippen molar-refractivity contribution in [3.05, 3.63) is 12.4 Å². The fourth-order valence-electron chi connectivity index (χ4n) is 2.15. The minimum absolute atomic E-state index is 0.275. The van der Waals surface area contributed by atoms with E-state index in [2.05, 4.69) is 15.7 Å². The first-order valence-electron chi connectivity index (χ1n) is 6.55. The first-order valence-corrected chi connectivity index (χ1v) is 6.55. The normalized spacial score (nSPS) is 17.1. The Kier molecular flexibility index (Phi) is 4.64. The van der Waals surface area contributed by atoms with Gasteiger partial charge in [-0.15, -0.1) is 0 Å². The van der Waals surface area contributed by atoms with Crippen molar-refractivity contribution < 1.29 is 18.0 Å². The number of alkyl halides is 3. The van der Waals surface area contributed by atoms with Crippen LogP contribution in [0, 0.1) is 0 Å². The summed E-state index contributed by atoms with van der Waals surface area (Å²) in [6.45, 7) is 1.83. The van der Waals surface area contributed by atoms with Gasteiger partial charge < -0.3 is 10.6 Å². The third-order valence-electron chi connectivity index (χ3n) is 3.20. The third kappa shape index (κ3) is 4.52. The summed E-state index contributed by atoms with van der Waals surface area (Å²) in [6.07, 6.45) is -0.957. The van der Waals surface area contributed by atoms with Crippen molar-refractivity contribution in [1.82, 2.24) is 15.1 Å². The number of halogens is 3. The van der Waals surface area contributed by atoms with Crippen molar-refractivity contribution >= 4 is 11.6 Å². The quantitative estimate of drug-likeness (QED) is 0.892. The molecule has 112 valence electrons. The summed E-state index contributed by atoms with van der Waals surface area (Å²) in [6, 6.07) is 0.275. The van der Waals surface area contributed by atoms with Gasteiger partial charge in [-0.3, -0.25) is 9.48 Å². The lowest BCUT2D eigenvalue weighted by molar-refractivity contribution is -0.142. The van der Waals surface area contributed by atoms with Crippen LogP contribution >= 0.6 is 0 Å². The number of nitrogens with zero attached hydrogens (tertiary/aromatic N) is 2.